The van der Waals surface area contributed by atoms with E-state index in [0.717, 1.165) is 18.5 Å². The third kappa shape index (κ3) is 2.16. The smallest absolute Gasteiger partial charge is 0.169 e. The molecule has 0 atom stereocenters. The van der Waals surface area contributed by atoms with Crippen LogP contribution < -0.4 is 11.1 Å². The highest BCUT2D eigenvalue weighted by Gasteiger charge is 2.25. The summed E-state index contributed by atoms with van der Waals surface area (Å²) in [7, 11) is 0. The van der Waals surface area contributed by atoms with Gasteiger partial charge in [-0.3, -0.25) is 0 Å². The Balaban J connectivity index is 2.08. The molecule has 0 unspecified atom stereocenters. The summed E-state index contributed by atoms with van der Waals surface area (Å²) in [6, 6.07) is 4.29. The van der Waals surface area contributed by atoms with Crippen LogP contribution in [0.5, 0.6) is 0 Å². The Bertz CT molecular complexity index is 686. The molecule has 1 fully saturated rings. The van der Waals surface area contributed by atoms with Gasteiger partial charge in [-0.2, -0.15) is 9.94 Å². The van der Waals surface area contributed by atoms with E-state index in [0.29, 0.717) is 34.9 Å². The lowest BCUT2D eigenvalue weighted by Crippen LogP contribution is -2.07. The van der Waals surface area contributed by atoms with Gasteiger partial charge in [-0.1, -0.05) is 0 Å². The second kappa shape index (κ2) is 4.49. The Hall–Kier alpha value is -2.62. The van der Waals surface area contributed by atoms with Crippen molar-refractivity contribution in [3.05, 3.63) is 23.1 Å². The molecule has 2 heterocycles. The molecule has 0 spiro atoms. The van der Waals surface area contributed by atoms with Crippen LogP contribution in [0.3, 0.4) is 0 Å². The van der Waals surface area contributed by atoms with Crippen molar-refractivity contribution in [2.45, 2.75) is 32.7 Å². The Morgan fingerprint density at radius 2 is 2.15 bits per heavy atom. The molecule has 20 heavy (non-hydrogen) atoms. The fourth-order valence-corrected chi connectivity index (χ4v) is 2.04. The van der Waals surface area contributed by atoms with Gasteiger partial charge in [0.1, 0.15) is 23.3 Å². The fraction of sp³-hybridized carbons (Fsp3) is 0.385. The number of aryl methyl sites for hydroxylation is 2. The first-order valence-electron chi connectivity index (χ1n) is 6.46. The maximum absolute atomic E-state index is 9.25. The quantitative estimate of drug-likeness (QED) is 0.870. The van der Waals surface area contributed by atoms with Crippen LogP contribution in [0.4, 0.5) is 11.6 Å². The van der Waals surface area contributed by atoms with Crippen molar-refractivity contribution >= 4 is 11.6 Å². The van der Waals surface area contributed by atoms with Crippen LogP contribution in [0.1, 0.15) is 29.9 Å². The highest BCUT2D eigenvalue weighted by molar-refractivity contribution is 5.66. The summed E-state index contributed by atoms with van der Waals surface area (Å²) in [6.45, 7) is 3.69. The summed E-state index contributed by atoms with van der Waals surface area (Å²) in [5.41, 5.74) is 7.22. The Morgan fingerprint density at radius 1 is 1.40 bits per heavy atom. The van der Waals surface area contributed by atoms with Gasteiger partial charge in [0, 0.05) is 17.8 Å². The molecule has 0 aliphatic heterocycles. The molecule has 0 bridgehead atoms. The van der Waals surface area contributed by atoms with Gasteiger partial charge in [0.05, 0.1) is 0 Å². The lowest BCUT2D eigenvalue weighted by Gasteiger charge is -2.04. The van der Waals surface area contributed by atoms with E-state index in [1.54, 1.807) is 6.07 Å². The van der Waals surface area contributed by atoms with E-state index in [-0.39, 0.29) is 0 Å². The van der Waals surface area contributed by atoms with Crippen LogP contribution in [0.15, 0.2) is 6.07 Å². The summed E-state index contributed by atoms with van der Waals surface area (Å²) in [6.07, 6.45) is 2.20. The van der Waals surface area contributed by atoms with Crippen LogP contribution in [0, 0.1) is 25.2 Å². The number of nitrogens with two attached hydrogens (primary N) is 1. The van der Waals surface area contributed by atoms with Gasteiger partial charge >= 0.3 is 0 Å². The zero-order valence-electron chi connectivity index (χ0n) is 11.4. The molecule has 0 radical (unpaired) electrons. The van der Waals surface area contributed by atoms with Crippen LogP contribution >= 0.6 is 0 Å². The second-order valence-electron chi connectivity index (χ2n) is 4.97. The molecule has 1 aliphatic rings. The molecule has 0 saturated heterocycles. The summed E-state index contributed by atoms with van der Waals surface area (Å²) in [5, 5.41) is 16.8. The van der Waals surface area contributed by atoms with Gasteiger partial charge in [0.25, 0.3) is 0 Å². The minimum Gasteiger partial charge on any atom is -0.382 e. The van der Waals surface area contributed by atoms with Gasteiger partial charge in [0.2, 0.25) is 0 Å². The van der Waals surface area contributed by atoms with Gasteiger partial charge < -0.3 is 11.1 Å². The van der Waals surface area contributed by atoms with Crippen LogP contribution in [0.2, 0.25) is 0 Å². The van der Waals surface area contributed by atoms with E-state index in [9.17, 15) is 5.26 Å². The first-order chi connectivity index (χ1) is 9.58. The Morgan fingerprint density at radius 3 is 2.75 bits per heavy atom. The van der Waals surface area contributed by atoms with E-state index in [2.05, 4.69) is 26.5 Å². The van der Waals surface area contributed by atoms with Crippen molar-refractivity contribution in [2.24, 2.45) is 0 Å². The Kier molecular flexibility index (Phi) is 2.79. The monoisotopic (exact) mass is 269 g/mol. The molecule has 0 aromatic carbocycles. The fourth-order valence-electron chi connectivity index (χ4n) is 2.04. The predicted molar refractivity (Wildman–Crippen MR) is 74.4 cm³/mol. The molecule has 2 aromatic heterocycles. The van der Waals surface area contributed by atoms with Crippen molar-refractivity contribution in [1.82, 2.24) is 19.7 Å². The molecule has 3 rings (SSSR count). The minimum atomic E-state index is 0.299. The predicted octanol–water partition coefficient (Wildman–Crippen LogP) is 1.31. The number of nitrogens with one attached hydrogen (secondary N) is 1. The molecule has 1 aliphatic carbocycles. The normalized spacial score (nSPS) is 14.1. The van der Waals surface area contributed by atoms with Crippen molar-refractivity contribution in [1.29, 1.82) is 5.26 Å². The molecule has 7 nitrogen and oxygen atoms in total. The number of hydrogen-bond acceptors (Lipinski definition) is 6. The minimum absolute atomic E-state index is 0.299. The molecule has 1 saturated carbocycles. The van der Waals surface area contributed by atoms with E-state index in [4.69, 9.17) is 5.73 Å². The first kappa shape index (κ1) is 12.4. The molecular weight excluding hydrogens is 254 g/mol. The SMILES string of the molecule is Cc1cc(-n2nc(NC3CC3)c(C#N)c2N)nc(C)n1. The van der Waals surface area contributed by atoms with Gasteiger partial charge in [0.15, 0.2) is 11.6 Å². The van der Waals surface area contributed by atoms with E-state index >= 15 is 0 Å². The van der Waals surface area contributed by atoms with Crippen molar-refractivity contribution in [2.75, 3.05) is 11.1 Å². The standard InChI is InChI=1S/C13H15N7/c1-7-5-11(17-8(2)16-7)20-12(15)10(6-14)13(19-20)18-9-3-4-9/h5,9H,3-4,15H2,1-2H3,(H,18,19). The second-order valence-corrected chi connectivity index (χ2v) is 4.97. The number of nitriles is 1. The largest absolute Gasteiger partial charge is 0.382 e. The van der Waals surface area contributed by atoms with Gasteiger partial charge in [-0.25, -0.2) is 9.97 Å². The molecular formula is C13H15N7. The number of hydrogen-bond donors (Lipinski definition) is 2. The molecule has 7 heteroatoms. The molecule has 0 amide bonds. The summed E-state index contributed by atoms with van der Waals surface area (Å²) in [4.78, 5) is 8.54. The average molecular weight is 269 g/mol. The van der Waals surface area contributed by atoms with E-state index in [1.807, 2.05) is 13.8 Å². The van der Waals surface area contributed by atoms with Crippen LogP contribution in [-0.4, -0.2) is 25.8 Å². The summed E-state index contributed by atoms with van der Waals surface area (Å²) >= 11 is 0. The molecule has 3 N–H and O–H groups in total. The van der Waals surface area contributed by atoms with Crippen LogP contribution in [0.25, 0.3) is 5.82 Å². The summed E-state index contributed by atoms with van der Waals surface area (Å²) in [5.74, 6) is 2.05. The lowest BCUT2D eigenvalue weighted by molar-refractivity contribution is 0.830. The molecule has 102 valence electrons. The van der Waals surface area contributed by atoms with Gasteiger partial charge in [-0.05, 0) is 26.7 Å². The lowest BCUT2D eigenvalue weighted by atomic mass is 10.3. The third-order valence-electron chi connectivity index (χ3n) is 3.12. The Labute approximate surface area is 116 Å². The number of anilines is 2. The van der Waals surface area contributed by atoms with Gasteiger partial charge in [-0.15, -0.1) is 5.10 Å². The van der Waals surface area contributed by atoms with Crippen LogP contribution in [-0.2, 0) is 0 Å². The number of aromatic nitrogens is 4. The molecule has 2 aromatic rings. The van der Waals surface area contributed by atoms with Crippen molar-refractivity contribution in [3.8, 4) is 11.9 Å². The average Bonchev–Trinajstić information content (AvgIpc) is 3.12. The number of nitrogens with zero attached hydrogens (tertiary/aromatic N) is 5. The highest BCUT2D eigenvalue weighted by Crippen LogP contribution is 2.29. The maximum atomic E-state index is 9.25. The van der Waals surface area contributed by atoms with Crippen molar-refractivity contribution in [3.63, 3.8) is 0 Å². The number of rotatable bonds is 3. The zero-order valence-corrected chi connectivity index (χ0v) is 11.4. The van der Waals surface area contributed by atoms with E-state index < -0.39 is 0 Å². The van der Waals surface area contributed by atoms with E-state index in [1.165, 1.54) is 4.68 Å². The topological polar surface area (TPSA) is 105 Å². The first-order valence-corrected chi connectivity index (χ1v) is 6.46. The maximum Gasteiger partial charge on any atom is 0.169 e. The summed E-state index contributed by atoms with van der Waals surface area (Å²) < 4.78 is 1.49. The third-order valence-corrected chi connectivity index (χ3v) is 3.12. The van der Waals surface area contributed by atoms with Crippen molar-refractivity contribution < 1.29 is 0 Å². The number of nitrogen functional groups attached to an aromatic ring is 1. The highest BCUT2D eigenvalue weighted by atomic mass is 15.4. The zero-order chi connectivity index (χ0) is 14.3.